The van der Waals surface area contributed by atoms with E-state index in [9.17, 15) is 0 Å². The average molecular weight is 202 g/mol. The van der Waals surface area contributed by atoms with Gasteiger partial charge >= 0.3 is 0 Å². The Hall–Kier alpha value is -0.860. The topological polar surface area (TPSA) is 25.0 Å². The molecule has 0 aromatic heterocycles. The first kappa shape index (κ1) is 9.37. The number of benzene rings is 1. The predicted octanol–water partition coefficient (Wildman–Crippen LogP) is 2.32. The first-order chi connectivity index (χ1) is 7.39. The van der Waals surface area contributed by atoms with Crippen LogP contribution in [-0.4, -0.2) is 17.2 Å². The van der Waals surface area contributed by atoms with E-state index in [-0.39, 0.29) is 0 Å². The zero-order valence-corrected chi connectivity index (χ0v) is 9.08. The lowest BCUT2D eigenvalue weighted by atomic mass is 10.1. The number of hydrogen-bond donors (Lipinski definition) is 1. The van der Waals surface area contributed by atoms with E-state index >= 15 is 0 Å². The van der Waals surface area contributed by atoms with Crippen molar-refractivity contribution in [1.82, 2.24) is 10.4 Å². The van der Waals surface area contributed by atoms with Crippen LogP contribution in [0.5, 0.6) is 0 Å². The first-order valence-electron chi connectivity index (χ1n) is 5.98. The van der Waals surface area contributed by atoms with Crippen molar-refractivity contribution in [3.8, 4) is 0 Å². The molecular weight excluding hydrogens is 184 g/mol. The summed E-state index contributed by atoms with van der Waals surface area (Å²) in [4.78, 5) is 0. The Labute approximate surface area is 91.3 Å². The monoisotopic (exact) mass is 202 g/mol. The third-order valence-electron chi connectivity index (χ3n) is 3.71. The smallest absolute Gasteiger partial charge is 0.0974 e. The van der Waals surface area contributed by atoms with E-state index in [2.05, 4.69) is 40.8 Å². The maximum atomic E-state index is 3.55. The number of rotatable bonds is 3. The summed E-state index contributed by atoms with van der Waals surface area (Å²) in [5, 5.41) is 2.44. The molecule has 1 saturated heterocycles. The summed E-state index contributed by atoms with van der Waals surface area (Å²) in [6.07, 6.45) is 6.66. The number of hydrogen-bond acceptors (Lipinski definition) is 2. The van der Waals surface area contributed by atoms with Gasteiger partial charge in [-0.2, -0.15) is 0 Å². The van der Waals surface area contributed by atoms with E-state index in [1.165, 1.54) is 31.2 Å². The molecule has 2 fully saturated rings. The summed E-state index contributed by atoms with van der Waals surface area (Å²) in [6, 6.07) is 10.7. The molecule has 3 rings (SSSR count). The van der Waals surface area contributed by atoms with Gasteiger partial charge in [0, 0.05) is 6.54 Å². The molecule has 1 aliphatic carbocycles. The minimum atomic E-state index is 0.425. The van der Waals surface area contributed by atoms with Gasteiger partial charge in [-0.15, -0.1) is 0 Å². The molecule has 1 heterocycles. The molecule has 80 valence electrons. The molecule has 2 nitrogen and oxygen atoms in total. The molecule has 1 N–H and O–H groups in total. The standard InChI is InChI=1S/C13H18N2/c1-2-6-12(7-3-1)8-11-15-13(14-15)9-4-5-10-13/h1-3,6-7,14H,4-5,8-11H2. The van der Waals surface area contributed by atoms with E-state index in [1.54, 1.807) is 0 Å². The van der Waals surface area contributed by atoms with Gasteiger partial charge in [0.2, 0.25) is 0 Å². The van der Waals surface area contributed by atoms with Crippen LogP contribution in [0.1, 0.15) is 31.2 Å². The normalized spacial score (nSPS) is 27.1. The molecule has 0 amide bonds. The Bertz CT molecular complexity index is 328. The summed E-state index contributed by atoms with van der Waals surface area (Å²) in [5.41, 5.74) is 5.42. The fraction of sp³-hybridized carbons (Fsp3) is 0.538. The predicted molar refractivity (Wildman–Crippen MR) is 61.2 cm³/mol. The highest BCUT2D eigenvalue weighted by Crippen LogP contribution is 2.41. The van der Waals surface area contributed by atoms with Gasteiger partial charge in [0.05, 0.1) is 5.66 Å². The largest absolute Gasteiger partial charge is 0.232 e. The van der Waals surface area contributed by atoms with E-state index in [1.807, 2.05) is 0 Å². The van der Waals surface area contributed by atoms with E-state index < -0.39 is 0 Å². The van der Waals surface area contributed by atoms with Gasteiger partial charge in [-0.1, -0.05) is 43.2 Å². The molecule has 1 aromatic rings. The third kappa shape index (κ3) is 1.80. The van der Waals surface area contributed by atoms with Crippen molar-refractivity contribution in [2.75, 3.05) is 6.54 Å². The van der Waals surface area contributed by atoms with Crippen molar-refractivity contribution in [3.63, 3.8) is 0 Å². The second-order valence-corrected chi connectivity index (χ2v) is 4.74. The van der Waals surface area contributed by atoms with Gasteiger partial charge in [-0.3, -0.25) is 0 Å². The summed E-state index contributed by atoms with van der Waals surface area (Å²) >= 11 is 0. The van der Waals surface area contributed by atoms with Gasteiger partial charge < -0.3 is 0 Å². The van der Waals surface area contributed by atoms with Crippen LogP contribution in [0.4, 0.5) is 0 Å². The molecule has 1 aliphatic heterocycles. The van der Waals surface area contributed by atoms with Crippen LogP contribution < -0.4 is 5.43 Å². The van der Waals surface area contributed by atoms with Crippen molar-refractivity contribution in [3.05, 3.63) is 35.9 Å². The molecule has 1 unspecified atom stereocenters. The highest BCUT2D eigenvalue weighted by Gasteiger charge is 2.52. The Kier molecular flexibility index (Phi) is 2.26. The van der Waals surface area contributed by atoms with Crippen LogP contribution in [-0.2, 0) is 6.42 Å². The van der Waals surface area contributed by atoms with E-state index in [0.29, 0.717) is 5.66 Å². The van der Waals surface area contributed by atoms with Gasteiger partial charge in [0.25, 0.3) is 0 Å². The van der Waals surface area contributed by atoms with Crippen LogP contribution in [0.25, 0.3) is 0 Å². The molecule has 0 bridgehead atoms. The van der Waals surface area contributed by atoms with Crippen molar-refractivity contribution in [2.24, 2.45) is 0 Å². The Morgan fingerprint density at radius 3 is 2.60 bits per heavy atom. The van der Waals surface area contributed by atoms with Crippen LogP contribution in [0, 0.1) is 0 Å². The molecule has 1 atom stereocenters. The maximum Gasteiger partial charge on any atom is 0.0974 e. The molecule has 1 spiro atoms. The minimum absolute atomic E-state index is 0.425. The average Bonchev–Trinajstić information content (AvgIpc) is 2.72. The second kappa shape index (κ2) is 3.62. The number of hydrazine groups is 1. The number of nitrogens with zero attached hydrogens (tertiary/aromatic N) is 1. The van der Waals surface area contributed by atoms with Crippen molar-refractivity contribution < 1.29 is 0 Å². The minimum Gasteiger partial charge on any atom is -0.232 e. The Morgan fingerprint density at radius 1 is 1.13 bits per heavy atom. The SMILES string of the molecule is c1ccc(CCN2NC23CCCC3)cc1. The molecule has 15 heavy (non-hydrogen) atoms. The van der Waals surface area contributed by atoms with Gasteiger partial charge in [-0.05, 0) is 24.8 Å². The molecule has 1 saturated carbocycles. The quantitative estimate of drug-likeness (QED) is 0.761. The summed E-state index contributed by atoms with van der Waals surface area (Å²) in [6.45, 7) is 1.16. The fourth-order valence-corrected chi connectivity index (χ4v) is 2.72. The van der Waals surface area contributed by atoms with E-state index in [0.717, 1.165) is 13.0 Å². The molecule has 2 aliphatic rings. The van der Waals surface area contributed by atoms with Crippen molar-refractivity contribution in [1.29, 1.82) is 0 Å². The van der Waals surface area contributed by atoms with Crippen LogP contribution >= 0.6 is 0 Å². The maximum absolute atomic E-state index is 3.55. The van der Waals surface area contributed by atoms with Crippen molar-refractivity contribution in [2.45, 2.75) is 37.8 Å². The fourth-order valence-electron chi connectivity index (χ4n) is 2.72. The zero-order chi connectivity index (χ0) is 10.1. The van der Waals surface area contributed by atoms with Crippen molar-refractivity contribution >= 4 is 0 Å². The van der Waals surface area contributed by atoms with Gasteiger partial charge in [-0.25, -0.2) is 10.4 Å². The Balaban J connectivity index is 1.52. The lowest BCUT2D eigenvalue weighted by Crippen LogP contribution is -2.16. The second-order valence-electron chi connectivity index (χ2n) is 4.74. The molecule has 2 heteroatoms. The van der Waals surface area contributed by atoms with Crippen LogP contribution in [0.2, 0.25) is 0 Å². The van der Waals surface area contributed by atoms with E-state index in [4.69, 9.17) is 0 Å². The Morgan fingerprint density at radius 2 is 1.87 bits per heavy atom. The third-order valence-corrected chi connectivity index (χ3v) is 3.71. The van der Waals surface area contributed by atoms with Gasteiger partial charge in [0.1, 0.15) is 0 Å². The zero-order valence-electron chi connectivity index (χ0n) is 9.08. The van der Waals surface area contributed by atoms with Crippen LogP contribution in [0.3, 0.4) is 0 Å². The summed E-state index contributed by atoms with van der Waals surface area (Å²) in [7, 11) is 0. The summed E-state index contributed by atoms with van der Waals surface area (Å²) in [5.74, 6) is 0. The summed E-state index contributed by atoms with van der Waals surface area (Å²) < 4.78 is 0. The molecule has 1 aromatic carbocycles. The first-order valence-corrected chi connectivity index (χ1v) is 5.98. The lowest BCUT2D eigenvalue weighted by molar-refractivity contribution is 0.407. The molecular formula is C13H18N2. The lowest BCUT2D eigenvalue weighted by Gasteiger charge is -2.06. The highest BCUT2D eigenvalue weighted by atomic mass is 15.8. The molecule has 0 radical (unpaired) electrons. The van der Waals surface area contributed by atoms with Crippen LogP contribution in [0.15, 0.2) is 30.3 Å². The van der Waals surface area contributed by atoms with Gasteiger partial charge in [0.15, 0.2) is 0 Å². The number of nitrogens with one attached hydrogen (secondary N) is 1. The highest BCUT2D eigenvalue weighted by molar-refractivity contribution is 5.15.